The second-order valence-electron chi connectivity index (χ2n) is 4.00. The Balaban J connectivity index is 2.76. The van der Waals surface area contributed by atoms with Gasteiger partial charge in [-0.25, -0.2) is 0 Å². The summed E-state index contributed by atoms with van der Waals surface area (Å²) in [6.45, 7) is 0. The van der Waals surface area contributed by atoms with Crippen LogP contribution in [0, 0.1) is 11.3 Å². The maximum absolute atomic E-state index is 9.10. The molecular formula is C14H12Br2N2O3. The number of nitrogens with zero attached hydrogens (tertiary/aromatic N) is 1. The lowest BCUT2D eigenvalue weighted by atomic mass is 10.1. The number of aromatic amines is 1. The van der Waals surface area contributed by atoms with E-state index in [2.05, 4.69) is 42.9 Å². The van der Waals surface area contributed by atoms with Crippen LogP contribution < -0.4 is 14.2 Å². The molecule has 1 aromatic carbocycles. The van der Waals surface area contributed by atoms with Crippen LogP contribution in [0.1, 0.15) is 5.69 Å². The van der Waals surface area contributed by atoms with Crippen molar-refractivity contribution in [2.45, 2.75) is 0 Å². The summed E-state index contributed by atoms with van der Waals surface area (Å²) in [7, 11) is 4.67. The van der Waals surface area contributed by atoms with Gasteiger partial charge in [-0.3, -0.25) is 0 Å². The lowest BCUT2D eigenvalue weighted by Crippen LogP contribution is -1.97. The Hall–Kier alpha value is -1.65. The fourth-order valence-electron chi connectivity index (χ4n) is 2.06. The number of H-pyrrole nitrogens is 1. The molecule has 0 unspecified atom stereocenters. The smallest absolute Gasteiger partial charge is 0.203 e. The minimum atomic E-state index is 0.425. The van der Waals surface area contributed by atoms with Crippen molar-refractivity contribution in [3.05, 3.63) is 26.9 Å². The quantitative estimate of drug-likeness (QED) is 0.815. The molecule has 2 aromatic rings. The summed E-state index contributed by atoms with van der Waals surface area (Å²) in [5.74, 6) is 1.60. The Kier molecular flexibility index (Phi) is 4.80. The van der Waals surface area contributed by atoms with Crippen LogP contribution in [0.5, 0.6) is 17.2 Å². The van der Waals surface area contributed by atoms with Gasteiger partial charge in [-0.05, 0) is 44.0 Å². The number of rotatable bonds is 4. The summed E-state index contributed by atoms with van der Waals surface area (Å²) in [5, 5.41) is 9.10. The van der Waals surface area contributed by atoms with Crippen molar-refractivity contribution in [2.75, 3.05) is 21.3 Å². The zero-order valence-electron chi connectivity index (χ0n) is 11.6. The summed E-state index contributed by atoms with van der Waals surface area (Å²) in [5.41, 5.74) is 1.98. The molecule has 0 fully saturated rings. The van der Waals surface area contributed by atoms with Crippen LogP contribution in [0.4, 0.5) is 0 Å². The van der Waals surface area contributed by atoms with Crippen molar-refractivity contribution in [2.24, 2.45) is 0 Å². The number of nitrogens with one attached hydrogen (secondary N) is 1. The summed E-state index contributed by atoms with van der Waals surface area (Å²) in [6, 6.07) is 5.72. The highest BCUT2D eigenvalue weighted by Gasteiger charge is 2.23. The lowest BCUT2D eigenvalue weighted by Gasteiger charge is -2.15. The van der Waals surface area contributed by atoms with Crippen LogP contribution in [-0.4, -0.2) is 26.3 Å². The highest BCUT2D eigenvalue weighted by Crippen LogP contribution is 2.48. The SMILES string of the molecule is COc1ccc(-c2c(Br)[nH]c(C#N)c2Br)c(OC)c1OC. The zero-order chi connectivity index (χ0) is 15.6. The second kappa shape index (κ2) is 6.41. The maximum Gasteiger partial charge on any atom is 0.203 e. The number of aromatic nitrogens is 1. The molecular weight excluding hydrogens is 404 g/mol. The minimum absolute atomic E-state index is 0.425. The van der Waals surface area contributed by atoms with Crippen LogP contribution in [0.15, 0.2) is 21.2 Å². The van der Waals surface area contributed by atoms with Gasteiger partial charge in [-0.1, -0.05) is 0 Å². The van der Waals surface area contributed by atoms with Crippen molar-refractivity contribution >= 4 is 31.9 Å². The largest absolute Gasteiger partial charge is 0.493 e. The molecule has 0 aliphatic carbocycles. The van der Waals surface area contributed by atoms with Gasteiger partial charge in [-0.15, -0.1) is 0 Å². The van der Waals surface area contributed by atoms with E-state index < -0.39 is 0 Å². The summed E-state index contributed by atoms with van der Waals surface area (Å²) < 4.78 is 17.5. The highest BCUT2D eigenvalue weighted by atomic mass is 79.9. The lowest BCUT2D eigenvalue weighted by molar-refractivity contribution is 0.325. The molecule has 0 saturated carbocycles. The number of nitriles is 1. The van der Waals surface area contributed by atoms with Gasteiger partial charge in [0.2, 0.25) is 5.75 Å². The fraction of sp³-hybridized carbons (Fsp3) is 0.214. The van der Waals surface area contributed by atoms with Gasteiger partial charge >= 0.3 is 0 Å². The molecule has 5 nitrogen and oxygen atoms in total. The normalized spacial score (nSPS) is 10.1. The number of benzene rings is 1. The molecule has 1 N–H and O–H groups in total. The Bertz CT molecular complexity index is 720. The number of hydrogen-bond donors (Lipinski definition) is 1. The highest BCUT2D eigenvalue weighted by molar-refractivity contribution is 9.11. The third-order valence-corrected chi connectivity index (χ3v) is 4.37. The van der Waals surface area contributed by atoms with Gasteiger partial charge in [-0.2, -0.15) is 5.26 Å². The molecule has 2 rings (SSSR count). The summed E-state index contributed by atoms with van der Waals surface area (Å²) in [6.07, 6.45) is 0. The first-order valence-corrected chi connectivity index (χ1v) is 7.44. The van der Waals surface area contributed by atoms with Gasteiger partial charge < -0.3 is 19.2 Å². The number of hydrogen-bond acceptors (Lipinski definition) is 4. The average molecular weight is 416 g/mol. The molecule has 0 atom stereocenters. The van der Waals surface area contributed by atoms with E-state index >= 15 is 0 Å². The van der Waals surface area contributed by atoms with E-state index in [1.165, 1.54) is 0 Å². The van der Waals surface area contributed by atoms with Gasteiger partial charge in [0.15, 0.2) is 11.5 Å². The molecule has 0 bridgehead atoms. The number of halogens is 2. The van der Waals surface area contributed by atoms with Gasteiger partial charge in [0.25, 0.3) is 0 Å². The van der Waals surface area contributed by atoms with Crippen molar-refractivity contribution in [1.82, 2.24) is 4.98 Å². The van der Waals surface area contributed by atoms with Crippen LogP contribution in [0.25, 0.3) is 11.1 Å². The predicted molar refractivity (Wildman–Crippen MR) is 86.0 cm³/mol. The van der Waals surface area contributed by atoms with Crippen molar-refractivity contribution in [3.63, 3.8) is 0 Å². The van der Waals surface area contributed by atoms with Crippen molar-refractivity contribution < 1.29 is 14.2 Å². The van der Waals surface area contributed by atoms with E-state index in [1.807, 2.05) is 6.07 Å². The second-order valence-corrected chi connectivity index (χ2v) is 5.58. The predicted octanol–water partition coefficient (Wildman–Crippen LogP) is 4.10. The first kappa shape index (κ1) is 15.7. The minimum Gasteiger partial charge on any atom is -0.493 e. The van der Waals surface area contributed by atoms with Crippen molar-refractivity contribution in [1.29, 1.82) is 5.26 Å². The van der Waals surface area contributed by atoms with Crippen LogP contribution in [0.2, 0.25) is 0 Å². The molecule has 0 amide bonds. The van der Waals surface area contributed by atoms with E-state index in [1.54, 1.807) is 27.4 Å². The standard InChI is InChI=1S/C14H12Br2N2O3/c1-19-9-5-4-7(12(20-2)13(9)21-3)10-11(15)8(6-17)18-14(10)16/h4-5,18H,1-3H3. The Morgan fingerprint density at radius 2 is 1.71 bits per heavy atom. The van der Waals surface area contributed by atoms with Gasteiger partial charge in [0.1, 0.15) is 11.8 Å². The van der Waals surface area contributed by atoms with E-state index in [0.717, 1.165) is 11.1 Å². The zero-order valence-corrected chi connectivity index (χ0v) is 14.8. The van der Waals surface area contributed by atoms with Crippen LogP contribution in [0.3, 0.4) is 0 Å². The van der Waals surface area contributed by atoms with Crippen LogP contribution in [-0.2, 0) is 0 Å². The molecule has 1 aromatic heterocycles. The van der Waals surface area contributed by atoms with Gasteiger partial charge in [0.05, 0.1) is 30.4 Å². The molecule has 0 aliphatic rings. The maximum atomic E-state index is 9.10. The topological polar surface area (TPSA) is 67.3 Å². The first-order chi connectivity index (χ1) is 10.1. The van der Waals surface area contributed by atoms with E-state index in [0.29, 0.717) is 32.0 Å². The molecule has 21 heavy (non-hydrogen) atoms. The number of methoxy groups -OCH3 is 3. The van der Waals surface area contributed by atoms with Crippen LogP contribution >= 0.6 is 31.9 Å². The summed E-state index contributed by atoms with van der Waals surface area (Å²) >= 11 is 6.86. The fourth-order valence-corrected chi connectivity index (χ4v) is 3.54. The summed E-state index contributed by atoms with van der Waals surface area (Å²) in [4.78, 5) is 2.96. The molecule has 7 heteroatoms. The Morgan fingerprint density at radius 3 is 2.19 bits per heavy atom. The molecule has 1 heterocycles. The molecule has 110 valence electrons. The third kappa shape index (κ3) is 2.61. The van der Waals surface area contributed by atoms with E-state index in [-0.39, 0.29) is 0 Å². The average Bonchev–Trinajstić information content (AvgIpc) is 2.79. The van der Waals surface area contributed by atoms with E-state index in [9.17, 15) is 0 Å². The monoisotopic (exact) mass is 414 g/mol. The third-order valence-electron chi connectivity index (χ3n) is 2.98. The first-order valence-electron chi connectivity index (χ1n) is 5.85. The Morgan fingerprint density at radius 1 is 1.05 bits per heavy atom. The van der Waals surface area contributed by atoms with E-state index in [4.69, 9.17) is 19.5 Å². The van der Waals surface area contributed by atoms with Gasteiger partial charge in [0, 0.05) is 11.1 Å². The molecule has 0 radical (unpaired) electrons. The number of ether oxygens (including phenoxy) is 3. The molecule has 0 aliphatic heterocycles. The van der Waals surface area contributed by atoms with Crippen molar-refractivity contribution in [3.8, 4) is 34.4 Å². The Labute approximate surface area is 139 Å². The molecule has 0 saturated heterocycles. The molecule has 0 spiro atoms.